The maximum atomic E-state index is 4.56. The highest BCUT2D eigenvalue weighted by Crippen LogP contribution is 2.25. The first kappa shape index (κ1) is 11.9. The molecular formula is C15H18N2S. The van der Waals surface area contributed by atoms with E-state index in [1.165, 1.54) is 16.1 Å². The minimum atomic E-state index is 0.350. The molecule has 94 valence electrons. The van der Waals surface area contributed by atoms with Gasteiger partial charge in [0, 0.05) is 17.1 Å². The number of benzene rings is 1. The van der Waals surface area contributed by atoms with Crippen molar-refractivity contribution in [2.75, 3.05) is 0 Å². The fourth-order valence-corrected chi connectivity index (χ4v) is 3.49. The Balaban J connectivity index is 1.66. The van der Waals surface area contributed by atoms with E-state index >= 15 is 0 Å². The molecule has 1 atom stereocenters. The van der Waals surface area contributed by atoms with Crippen LogP contribution in [0.25, 0.3) is 0 Å². The molecule has 0 amide bonds. The van der Waals surface area contributed by atoms with Crippen LogP contribution in [0.4, 0.5) is 0 Å². The molecule has 0 spiro atoms. The van der Waals surface area contributed by atoms with E-state index in [0.29, 0.717) is 12.1 Å². The smallest absolute Gasteiger partial charge is 0.110 e. The predicted octanol–water partition coefficient (Wildman–Crippen LogP) is 3.27. The van der Waals surface area contributed by atoms with Crippen molar-refractivity contribution < 1.29 is 0 Å². The number of thiazole rings is 1. The van der Waals surface area contributed by atoms with Gasteiger partial charge in [0.25, 0.3) is 0 Å². The van der Waals surface area contributed by atoms with E-state index in [1.807, 2.05) is 0 Å². The first-order chi connectivity index (χ1) is 8.72. The predicted molar refractivity (Wildman–Crippen MR) is 76.0 cm³/mol. The molecule has 1 unspecified atom stereocenters. The van der Waals surface area contributed by atoms with E-state index in [2.05, 4.69) is 53.8 Å². The molecule has 0 saturated carbocycles. The van der Waals surface area contributed by atoms with Crippen molar-refractivity contribution in [2.24, 2.45) is 0 Å². The van der Waals surface area contributed by atoms with Gasteiger partial charge in [0.15, 0.2) is 0 Å². The van der Waals surface area contributed by atoms with E-state index in [1.54, 1.807) is 11.3 Å². The first-order valence-electron chi connectivity index (χ1n) is 6.47. The van der Waals surface area contributed by atoms with Gasteiger partial charge in [0.05, 0.1) is 6.04 Å². The number of aromatic nitrogens is 1. The summed E-state index contributed by atoms with van der Waals surface area (Å²) >= 11 is 1.75. The van der Waals surface area contributed by atoms with E-state index in [0.717, 1.165) is 18.5 Å². The Hall–Kier alpha value is -1.19. The van der Waals surface area contributed by atoms with Crippen molar-refractivity contribution in [3.05, 3.63) is 51.5 Å². The molecule has 1 aromatic heterocycles. The Morgan fingerprint density at radius 2 is 1.94 bits per heavy atom. The summed E-state index contributed by atoms with van der Waals surface area (Å²) in [6, 6.07) is 9.67. The van der Waals surface area contributed by atoms with Gasteiger partial charge < -0.3 is 5.32 Å². The third-order valence-corrected chi connectivity index (χ3v) is 4.69. The summed E-state index contributed by atoms with van der Waals surface area (Å²) in [6.07, 6.45) is 2.29. The third-order valence-electron chi connectivity index (χ3n) is 3.54. The van der Waals surface area contributed by atoms with Gasteiger partial charge in [-0.3, -0.25) is 0 Å². The number of fused-ring (bicyclic) bond motifs is 1. The Morgan fingerprint density at radius 1 is 1.28 bits per heavy atom. The van der Waals surface area contributed by atoms with Gasteiger partial charge in [-0.15, -0.1) is 11.3 Å². The minimum Gasteiger partial charge on any atom is -0.305 e. The van der Waals surface area contributed by atoms with Gasteiger partial charge in [-0.1, -0.05) is 24.3 Å². The zero-order valence-electron chi connectivity index (χ0n) is 10.8. The van der Waals surface area contributed by atoms with E-state index in [4.69, 9.17) is 0 Å². The standard InChI is InChI=1S/C15H18N2S/c1-10-9-18-15(16-10)11(2)17-14-7-12-5-3-4-6-13(12)8-14/h3-6,9,11,14,17H,7-8H2,1-2H3. The summed E-state index contributed by atoms with van der Waals surface area (Å²) in [7, 11) is 0. The highest BCUT2D eigenvalue weighted by atomic mass is 32.1. The topological polar surface area (TPSA) is 24.9 Å². The average molecular weight is 258 g/mol. The lowest BCUT2D eigenvalue weighted by Gasteiger charge is -2.17. The highest BCUT2D eigenvalue weighted by molar-refractivity contribution is 7.09. The van der Waals surface area contributed by atoms with Gasteiger partial charge in [-0.25, -0.2) is 4.98 Å². The molecule has 3 rings (SSSR count). The number of aryl methyl sites for hydroxylation is 1. The van der Waals surface area contributed by atoms with Crippen LogP contribution in [0, 0.1) is 6.92 Å². The molecule has 1 aromatic carbocycles. The van der Waals surface area contributed by atoms with Crippen LogP contribution in [0.5, 0.6) is 0 Å². The van der Waals surface area contributed by atoms with E-state index in [-0.39, 0.29) is 0 Å². The lowest BCUT2D eigenvalue weighted by Crippen LogP contribution is -2.32. The van der Waals surface area contributed by atoms with Crippen LogP contribution in [0.1, 0.15) is 34.8 Å². The first-order valence-corrected chi connectivity index (χ1v) is 7.35. The van der Waals surface area contributed by atoms with Crippen LogP contribution in [-0.4, -0.2) is 11.0 Å². The van der Waals surface area contributed by atoms with Crippen molar-refractivity contribution in [1.82, 2.24) is 10.3 Å². The second kappa shape index (κ2) is 4.82. The van der Waals surface area contributed by atoms with Gasteiger partial charge in [0.2, 0.25) is 0 Å². The molecule has 0 saturated heterocycles. The van der Waals surface area contributed by atoms with Crippen molar-refractivity contribution >= 4 is 11.3 Å². The minimum absolute atomic E-state index is 0.350. The van der Waals surface area contributed by atoms with Crippen molar-refractivity contribution in [3.8, 4) is 0 Å². The summed E-state index contributed by atoms with van der Waals surface area (Å²) in [5.74, 6) is 0. The molecule has 0 fully saturated rings. The van der Waals surface area contributed by atoms with Gasteiger partial charge in [-0.05, 0) is 37.8 Å². The fraction of sp³-hybridized carbons (Fsp3) is 0.400. The Morgan fingerprint density at radius 3 is 2.50 bits per heavy atom. The Kier molecular flexibility index (Phi) is 3.18. The van der Waals surface area contributed by atoms with Gasteiger partial charge in [-0.2, -0.15) is 0 Å². The summed E-state index contributed by atoms with van der Waals surface area (Å²) in [4.78, 5) is 4.56. The molecule has 1 heterocycles. The number of hydrogen-bond donors (Lipinski definition) is 1. The van der Waals surface area contributed by atoms with Crippen molar-refractivity contribution in [1.29, 1.82) is 0 Å². The molecule has 0 bridgehead atoms. The number of hydrogen-bond acceptors (Lipinski definition) is 3. The van der Waals surface area contributed by atoms with Gasteiger partial charge in [0.1, 0.15) is 5.01 Å². The van der Waals surface area contributed by atoms with E-state index < -0.39 is 0 Å². The van der Waals surface area contributed by atoms with Crippen LogP contribution in [0.2, 0.25) is 0 Å². The molecule has 1 aliphatic rings. The van der Waals surface area contributed by atoms with E-state index in [9.17, 15) is 0 Å². The molecule has 2 aromatic rings. The summed E-state index contributed by atoms with van der Waals surface area (Å²) < 4.78 is 0. The molecular weight excluding hydrogens is 240 g/mol. The number of nitrogens with zero attached hydrogens (tertiary/aromatic N) is 1. The average Bonchev–Trinajstić information content (AvgIpc) is 2.94. The van der Waals surface area contributed by atoms with Crippen molar-refractivity contribution in [3.63, 3.8) is 0 Å². The van der Waals surface area contributed by atoms with Crippen LogP contribution in [-0.2, 0) is 12.8 Å². The normalized spacial score (nSPS) is 16.8. The van der Waals surface area contributed by atoms with Crippen LogP contribution in [0.3, 0.4) is 0 Å². The third kappa shape index (κ3) is 2.33. The summed E-state index contributed by atoms with van der Waals surface area (Å²) in [6.45, 7) is 4.26. The number of rotatable bonds is 3. The SMILES string of the molecule is Cc1csc(C(C)NC2Cc3ccccc3C2)n1. The molecule has 2 nitrogen and oxygen atoms in total. The molecule has 1 aliphatic carbocycles. The second-order valence-electron chi connectivity index (χ2n) is 5.09. The number of nitrogens with one attached hydrogen (secondary N) is 1. The fourth-order valence-electron chi connectivity index (χ4n) is 2.67. The lowest BCUT2D eigenvalue weighted by molar-refractivity contribution is 0.466. The van der Waals surface area contributed by atoms with Crippen LogP contribution >= 0.6 is 11.3 Å². The molecule has 3 heteroatoms. The lowest BCUT2D eigenvalue weighted by atomic mass is 10.1. The summed E-state index contributed by atoms with van der Waals surface area (Å²) in [5, 5.41) is 7.02. The monoisotopic (exact) mass is 258 g/mol. The maximum absolute atomic E-state index is 4.56. The Labute approximate surface area is 112 Å². The van der Waals surface area contributed by atoms with Crippen LogP contribution < -0.4 is 5.32 Å². The zero-order chi connectivity index (χ0) is 12.5. The molecule has 0 aliphatic heterocycles. The zero-order valence-corrected chi connectivity index (χ0v) is 11.6. The van der Waals surface area contributed by atoms with Crippen LogP contribution in [0.15, 0.2) is 29.6 Å². The quantitative estimate of drug-likeness (QED) is 0.914. The Bertz CT molecular complexity index is 522. The van der Waals surface area contributed by atoms with Crippen molar-refractivity contribution in [2.45, 2.75) is 38.8 Å². The second-order valence-corrected chi connectivity index (χ2v) is 5.98. The molecule has 0 radical (unpaired) electrons. The largest absolute Gasteiger partial charge is 0.305 e. The molecule has 18 heavy (non-hydrogen) atoms. The highest BCUT2D eigenvalue weighted by Gasteiger charge is 2.23. The maximum Gasteiger partial charge on any atom is 0.110 e. The van der Waals surface area contributed by atoms with Gasteiger partial charge >= 0.3 is 0 Å². The summed E-state index contributed by atoms with van der Waals surface area (Å²) in [5.41, 5.74) is 4.12. The molecule has 1 N–H and O–H groups in total.